The van der Waals surface area contributed by atoms with E-state index in [1.165, 1.54) is 10.6 Å². The lowest BCUT2D eigenvalue weighted by Gasteiger charge is -2.19. The molecule has 0 radical (unpaired) electrons. The molecule has 1 aliphatic rings. The van der Waals surface area contributed by atoms with E-state index >= 15 is 0 Å². The van der Waals surface area contributed by atoms with Crippen LogP contribution in [0.5, 0.6) is 0 Å². The van der Waals surface area contributed by atoms with Crippen LogP contribution >= 0.6 is 11.3 Å². The minimum Gasteiger partial charge on any atom is -0.376 e. The van der Waals surface area contributed by atoms with Gasteiger partial charge in [-0.1, -0.05) is 0 Å². The zero-order valence-corrected chi connectivity index (χ0v) is 12.9. The quantitative estimate of drug-likeness (QED) is 0.869. The molecule has 3 rings (SSSR count). The second-order valence-electron chi connectivity index (χ2n) is 5.25. The Morgan fingerprint density at radius 3 is 2.85 bits per heavy atom. The molecule has 4 nitrogen and oxygen atoms in total. The van der Waals surface area contributed by atoms with E-state index in [-0.39, 0.29) is 6.10 Å². The predicted octanol–water partition coefficient (Wildman–Crippen LogP) is 3.29. The summed E-state index contributed by atoms with van der Waals surface area (Å²) in [5.74, 6) is 0.963. The van der Waals surface area contributed by atoms with E-state index in [0.29, 0.717) is 0 Å². The number of aryl methyl sites for hydroxylation is 1. The van der Waals surface area contributed by atoms with Crippen LogP contribution in [-0.4, -0.2) is 31.2 Å². The molecule has 0 aromatic carbocycles. The summed E-state index contributed by atoms with van der Waals surface area (Å²) in [5, 5.41) is 1.05. The summed E-state index contributed by atoms with van der Waals surface area (Å²) < 4.78 is 5.57. The zero-order valence-electron chi connectivity index (χ0n) is 12.1. The highest BCUT2D eigenvalue weighted by molar-refractivity contribution is 7.15. The highest BCUT2D eigenvalue weighted by atomic mass is 32.1. The molecule has 0 saturated heterocycles. The van der Waals surface area contributed by atoms with Gasteiger partial charge in [0.15, 0.2) is 0 Å². The van der Waals surface area contributed by atoms with Crippen molar-refractivity contribution in [3.05, 3.63) is 28.9 Å². The van der Waals surface area contributed by atoms with Gasteiger partial charge in [0.05, 0.1) is 16.7 Å². The first-order chi connectivity index (χ1) is 9.69. The Bertz CT molecular complexity index is 592. The van der Waals surface area contributed by atoms with Crippen molar-refractivity contribution in [2.45, 2.75) is 25.4 Å². The number of hydrogen-bond acceptors (Lipinski definition) is 5. The van der Waals surface area contributed by atoms with Crippen LogP contribution < -0.4 is 4.90 Å². The van der Waals surface area contributed by atoms with Gasteiger partial charge in [-0.25, -0.2) is 9.97 Å². The molecule has 2 aromatic heterocycles. The van der Waals surface area contributed by atoms with Gasteiger partial charge in [-0.3, -0.25) is 0 Å². The monoisotopic (exact) mass is 289 g/mol. The molecule has 1 atom stereocenters. The van der Waals surface area contributed by atoms with Crippen molar-refractivity contribution in [2.75, 3.05) is 26.1 Å². The number of nitrogens with zero attached hydrogens (tertiary/aromatic N) is 3. The Kier molecular flexibility index (Phi) is 3.72. The molecular weight excluding hydrogens is 270 g/mol. The summed E-state index contributed by atoms with van der Waals surface area (Å²) in [7, 11) is 5.77. The van der Waals surface area contributed by atoms with Gasteiger partial charge in [-0.2, -0.15) is 0 Å². The van der Waals surface area contributed by atoms with Crippen LogP contribution in [0.1, 0.15) is 29.5 Å². The lowest BCUT2D eigenvalue weighted by molar-refractivity contribution is 0.0908. The van der Waals surface area contributed by atoms with Crippen LogP contribution in [0.25, 0.3) is 10.6 Å². The molecule has 1 aliphatic carbocycles. The van der Waals surface area contributed by atoms with E-state index in [9.17, 15) is 0 Å². The first-order valence-electron chi connectivity index (χ1n) is 6.85. The summed E-state index contributed by atoms with van der Waals surface area (Å²) in [6, 6.07) is 4.12. The summed E-state index contributed by atoms with van der Waals surface area (Å²) in [4.78, 5) is 12.5. The number of anilines is 1. The lowest BCUT2D eigenvalue weighted by Crippen LogP contribution is -2.09. The van der Waals surface area contributed by atoms with Crippen LogP contribution in [0.4, 0.5) is 5.82 Å². The summed E-state index contributed by atoms with van der Waals surface area (Å²) in [5.41, 5.74) is 2.30. The average molecular weight is 289 g/mol. The molecule has 106 valence electrons. The van der Waals surface area contributed by atoms with Crippen molar-refractivity contribution in [3.8, 4) is 10.6 Å². The summed E-state index contributed by atoms with van der Waals surface area (Å²) >= 11 is 1.75. The van der Waals surface area contributed by atoms with Crippen LogP contribution in [0, 0.1) is 0 Å². The third kappa shape index (κ3) is 2.43. The number of ether oxygens (including phenoxy) is 1. The Labute approximate surface area is 123 Å². The third-order valence-electron chi connectivity index (χ3n) is 3.64. The minimum atomic E-state index is 0.221. The highest BCUT2D eigenvalue weighted by Gasteiger charge is 2.24. The van der Waals surface area contributed by atoms with Crippen molar-refractivity contribution in [2.24, 2.45) is 0 Å². The number of fused-ring (bicyclic) bond motifs is 1. The molecular formula is C15H19N3OS. The topological polar surface area (TPSA) is 38.2 Å². The maximum absolute atomic E-state index is 5.57. The molecule has 2 aromatic rings. The molecule has 0 aliphatic heterocycles. The number of aromatic nitrogens is 2. The van der Waals surface area contributed by atoms with Crippen LogP contribution in [0.2, 0.25) is 0 Å². The normalized spacial score (nSPS) is 17.9. The van der Waals surface area contributed by atoms with E-state index in [1.807, 2.05) is 31.3 Å². The smallest absolute Gasteiger partial charge is 0.127 e. The van der Waals surface area contributed by atoms with E-state index in [4.69, 9.17) is 9.72 Å². The number of thiazole rings is 1. The number of pyridine rings is 1. The average Bonchev–Trinajstić information content (AvgIpc) is 2.91. The molecule has 0 amide bonds. The minimum absolute atomic E-state index is 0.221. The first kappa shape index (κ1) is 13.5. The van der Waals surface area contributed by atoms with E-state index in [2.05, 4.69) is 11.1 Å². The van der Waals surface area contributed by atoms with Gasteiger partial charge < -0.3 is 9.64 Å². The third-order valence-corrected chi connectivity index (χ3v) is 4.88. The summed E-state index contributed by atoms with van der Waals surface area (Å²) in [6.07, 6.45) is 5.45. The van der Waals surface area contributed by atoms with E-state index < -0.39 is 0 Å². The Balaban J connectivity index is 1.93. The molecule has 0 bridgehead atoms. The predicted molar refractivity (Wildman–Crippen MR) is 82.4 cm³/mol. The number of methoxy groups -OCH3 is 1. The number of rotatable bonds is 3. The maximum atomic E-state index is 5.57. The maximum Gasteiger partial charge on any atom is 0.127 e. The molecule has 20 heavy (non-hydrogen) atoms. The molecule has 0 N–H and O–H groups in total. The Morgan fingerprint density at radius 2 is 2.20 bits per heavy atom. The van der Waals surface area contributed by atoms with Gasteiger partial charge in [0, 0.05) is 33.0 Å². The molecule has 1 unspecified atom stereocenters. The van der Waals surface area contributed by atoms with Gasteiger partial charge >= 0.3 is 0 Å². The molecule has 0 saturated carbocycles. The second kappa shape index (κ2) is 5.50. The van der Waals surface area contributed by atoms with Gasteiger partial charge in [-0.05, 0) is 31.4 Å². The molecule has 0 fully saturated rings. The van der Waals surface area contributed by atoms with Gasteiger partial charge in [-0.15, -0.1) is 11.3 Å². The van der Waals surface area contributed by atoms with Gasteiger partial charge in [0.1, 0.15) is 10.8 Å². The van der Waals surface area contributed by atoms with Crippen LogP contribution in [0.15, 0.2) is 18.3 Å². The molecule has 0 spiro atoms. The molecule has 2 heterocycles. The summed E-state index contributed by atoms with van der Waals surface area (Å²) in [6.45, 7) is 0. The van der Waals surface area contributed by atoms with Crippen LogP contribution in [-0.2, 0) is 11.2 Å². The van der Waals surface area contributed by atoms with Crippen molar-refractivity contribution >= 4 is 17.2 Å². The van der Waals surface area contributed by atoms with Gasteiger partial charge in [0.2, 0.25) is 0 Å². The second-order valence-corrected chi connectivity index (χ2v) is 6.28. The lowest BCUT2D eigenvalue weighted by atomic mass is 10.0. The fraction of sp³-hybridized carbons (Fsp3) is 0.467. The Morgan fingerprint density at radius 1 is 1.35 bits per heavy atom. The van der Waals surface area contributed by atoms with Crippen molar-refractivity contribution in [3.63, 3.8) is 0 Å². The van der Waals surface area contributed by atoms with Crippen molar-refractivity contribution in [1.82, 2.24) is 9.97 Å². The van der Waals surface area contributed by atoms with E-state index in [1.54, 1.807) is 18.4 Å². The fourth-order valence-corrected chi connectivity index (χ4v) is 3.72. The fourth-order valence-electron chi connectivity index (χ4n) is 2.51. The first-order valence-corrected chi connectivity index (χ1v) is 7.67. The standard InChI is InChI=1S/C15H19N3OS/c1-18(2)13-8-7-10(9-16-13)15-17-11-5-4-6-12(19-3)14(11)20-15/h7-9,12H,4-6H2,1-3H3. The highest BCUT2D eigenvalue weighted by Crippen LogP contribution is 2.39. The van der Waals surface area contributed by atoms with Crippen molar-refractivity contribution in [1.29, 1.82) is 0 Å². The van der Waals surface area contributed by atoms with Gasteiger partial charge in [0.25, 0.3) is 0 Å². The SMILES string of the molecule is COC1CCCc2nc(-c3ccc(N(C)C)nc3)sc21. The molecule has 5 heteroatoms. The van der Waals surface area contributed by atoms with E-state index in [0.717, 1.165) is 35.7 Å². The number of hydrogen-bond donors (Lipinski definition) is 0. The Hall–Kier alpha value is -1.46. The largest absolute Gasteiger partial charge is 0.376 e. The zero-order chi connectivity index (χ0) is 14.1. The van der Waals surface area contributed by atoms with Crippen LogP contribution in [0.3, 0.4) is 0 Å². The van der Waals surface area contributed by atoms with Crippen molar-refractivity contribution < 1.29 is 4.74 Å².